The Kier molecular flexibility index (Phi) is 9.94. The summed E-state index contributed by atoms with van der Waals surface area (Å²) in [6.07, 6.45) is 0.885. The number of hydrogen-bond donors (Lipinski definition) is 0. The van der Waals surface area contributed by atoms with Crippen molar-refractivity contribution in [3.05, 3.63) is 180 Å². The Hall–Kier alpha value is -3.82. The van der Waals surface area contributed by atoms with Gasteiger partial charge in [-0.1, -0.05) is 187 Å². The topological polar surface area (TPSA) is 0 Å². The molecule has 0 heterocycles. The third kappa shape index (κ3) is 7.68. The summed E-state index contributed by atoms with van der Waals surface area (Å²) in [4.78, 5) is 0. The molecule has 0 amide bonds. The maximum absolute atomic E-state index is 2.53. The van der Waals surface area contributed by atoms with Gasteiger partial charge in [0.05, 0.1) is 0 Å². The van der Waals surface area contributed by atoms with Crippen molar-refractivity contribution in [2.45, 2.75) is 58.8 Å². The summed E-state index contributed by atoms with van der Waals surface area (Å²) in [7, 11) is -1.52. The molecule has 0 aliphatic carbocycles. The van der Waals surface area contributed by atoms with Crippen LogP contribution in [0.25, 0.3) is 0 Å². The molecule has 0 bridgehead atoms. The van der Waals surface area contributed by atoms with Crippen LogP contribution in [-0.2, 0) is 17.3 Å². The quantitative estimate of drug-likeness (QED) is 0.144. The second kappa shape index (κ2) is 14.1. The molecule has 0 saturated carbocycles. The van der Waals surface area contributed by atoms with E-state index in [4.69, 9.17) is 0 Å². The van der Waals surface area contributed by atoms with Crippen molar-refractivity contribution in [3.8, 4) is 0 Å². The van der Waals surface area contributed by atoms with Crippen LogP contribution < -0.4 is 31.8 Å². The smallest absolute Gasteiger partial charge is 0.00126 e. The van der Waals surface area contributed by atoms with Gasteiger partial charge >= 0.3 is 0 Å². The van der Waals surface area contributed by atoms with E-state index >= 15 is 0 Å². The van der Waals surface area contributed by atoms with Gasteiger partial charge in [0, 0.05) is 0 Å². The Balaban J connectivity index is 1.58. The van der Waals surface area contributed by atoms with Gasteiger partial charge in [0.25, 0.3) is 0 Å². The molecule has 0 aliphatic heterocycles. The number of hydrogen-bond acceptors (Lipinski definition) is 0. The first-order chi connectivity index (χ1) is 22.6. The fourth-order valence-electron chi connectivity index (χ4n) is 6.14. The average Bonchev–Trinajstić information content (AvgIpc) is 3.07. The Morgan fingerprint density at radius 2 is 0.638 bits per heavy atom. The summed E-state index contributed by atoms with van der Waals surface area (Å²) < 4.78 is 0. The van der Waals surface area contributed by atoms with E-state index in [0.717, 1.165) is 6.42 Å². The molecule has 0 aromatic heterocycles. The van der Waals surface area contributed by atoms with Crippen molar-refractivity contribution in [1.82, 2.24) is 0 Å². The minimum absolute atomic E-state index is 0.0517. The largest absolute Gasteiger partial charge is 0.0622 e. The van der Waals surface area contributed by atoms with Crippen LogP contribution in [0.5, 0.6) is 0 Å². The first-order valence-corrected chi connectivity index (χ1v) is 19.4. The van der Waals surface area contributed by atoms with Crippen molar-refractivity contribution >= 4 is 47.7 Å². The zero-order valence-electron chi connectivity index (χ0n) is 28.6. The summed E-state index contributed by atoms with van der Waals surface area (Å²) in [5.74, 6) is 0. The van der Waals surface area contributed by atoms with Gasteiger partial charge in [-0.25, -0.2) is 0 Å². The Bertz CT molecular complexity index is 1680. The van der Waals surface area contributed by atoms with Crippen LogP contribution in [0.4, 0.5) is 0 Å². The molecule has 6 aromatic carbocycles. The Labute approximate surface area is 285 Å². The van der Waals surface area contributed by atoms with E-state index in [2.05, 4.69) is 199 Å². The molecular formula is C45H46P2. The maximum atomic E-state index is 2.53. The molecule has 6 aromatic rings. The van der Waals surface area contributed by atoms with Gasteiger partial charge in [0.15, 0.2) is 0 Å². The summed E-state index contributed by atoms with van der Waals surface area (Å²) >= 11 is 0. The molecule has 0 unspecified atom stereocenters. The molecule has 2 heteroatoms. The molecule has 0 radical (unpaired) electrons. The lowest BCUT2D eigenvalue weighted by Gasteiger charge is -2.29. The molecule has 0 aliphatic rings. The second-order valence-electron chi connectivity index (χ2n) is 14.4. The SMILES string of the molecule is CC(C)(C)c1ccc(Cc2ccc(C(C)(C)C)cc2P(c2ccccc2)c2ccccc2)c(P(c2ccccc2)c2ccccc2)c1. The molecular weight excluding hydrogens is 602 g/mol. The van der Waals surface area contributed by atoms with E-state index in [1.165, 1.54) is 54.1 Å². The lowest BCUT2D eigenvalue weighted by molar-refractivity contribution is 0.590. The van der Waals surface area contributed by atoms with Gasteiger partial charge in [-0.3, -0.25) is 0 Å². The van der Waals surface area contributed by atoms with E-state index in [1.54, 1.807) is 0 Å². The van der Waals surface area contributed by atoms with Crippen LogP contribution in [0.1, 0.15) is 63.8 Å². The predicted octanol–water partition coefficient (Wildman–Crippen LogP) is 9.39. The molecule has 0 fully saturated rings. The van der Waals surface area contributed by atoms with Gasteiger partial charge in [-0.15, -0.1) is 0 Å². The second-order valence-corrected chi connectivity index (χ2v) is 18.7. The molecule has 236 valence electrons. The fourth-order valence-corrected chi connectivity index (χ4v) is 11.2. The fraction of sp³-hybridized carbons (Fsp3) is 0.200. The molecule has 0 saturated heterocycles. The zero-order chi connectivity index (χ0) is 33.0. The molecule has 0 nitrogen and oxygen atoms in total. The van der Waals surface area contributed by atoms with Crippen molar-refractivity contribution < 1.29 is 0 Å². The van der Waals surface area contributed by atoms with E-state index in [-0.39, 0.29) is 10.8 Å². The predicted molar refractivity (Wildman–Crippen MR) is 211 cm³/mol. The molecule has 0 N–H and O–H groups in total. The molecule has 47 heavy (non-hydrogen) atoms. The molecule has 0 atom stereocenters. The first kappa shape index (κ1) is 33.1. The van der Waals surface area contributed by atoms with E-state index < -0.39 is 15.8 Å². The van der Waals surface area contributed by atoms with E-state index in [0.29, 0.717) is 0 Å². The van der Waals surface area contributed by atoms with Crippen LogP contribution >= 0.6 is 15.8 Å². The third-order valence-corrected chi connectivity index (χ3v) is 13.9. The lowest BCUT2D eigenvalue weighted by atomic mass is 9.85. The van der Waals surface area contributed by atoms with Crippen molar-refractivity contribution in [1.29, 1.82) is 0 Å². The van der Waals surface area contributed by atoms with E-state index in [1.807, 2.05) is 0 Å². The van der Waals surface area contributed by atoms with Crippen LogP contribution in [0.3, 0.4) is 0 Å². The van der Waals surface area contributed by atoms with Crippen molar-refractivity contribution in [3.63, 3.8) is 0 Å². The highest BCUT2D eigenvalue weighted by Gasteiger charge is 2.26. The van der Waals surface area contributed by atoms with Crippen LogP contribution in [0, 0.1) is 0 Å². The highest BCUT2D eigenvalue weighted by atomic mass is 31.1. The van der Waals surface area contributed by atoms with Gasteiger partial charge in [0.1, 0.15) is 0 Å². The summed E-state index contributed by atoms with van der Waals surface area (Å²) in [5, 5.41) is 8.47. The standard InChI is InChI=1S/C45H46P2/c1-44(2,3)36-29-27-34(42(32-36)46(38-19-11-7-12-20-38)39-21-13-8-14-22-39)31-35-28-30-37(45(4,5)6)33-43(35)47(40-23-15-9-16-24-40)41-25-17-10-18-26-41/h7-30,32-33H,31H2,1-6H3. The summed E-state index contributed by atoms with van der Waals surface area (Å²) in [6.45, 7) is 14.0. The average molecular weight is 649 g/mol. The van der Waals surface area contributed by atoms with Gasteiger partial charge < -0.3 is 0 Å². The molecule has 0 spiro atoms. The maximum Gasteiger partial charge on any atom is -0.00126 e. The highest BCUT2D eigenvalue weighted by Crippen LogP contribution is 2.39. The van der Waals surface area contributed by atoms with Crippen molar-refractivity contribution in [2.75, 3.05) is 0 Å². The van der Waals surface area contributed by atoms with Crippen LogP contribution in [0.2, 0.25) is 0 Å². The van der Waals surface area contributed by atoms with Crippen LogP contribution in [0.15, 0.2) is 158 Å². The Morgan fingerprint density at radius 1 is 0.362 bits per heavy atom. The zero-order valence-corrected chi connectivity index (χ0v) is 30.4. The lowest BCUT2D eigenvalue weighted by Crippen LogP contribution is -2.28. The van der Waals surface area contributed by atoms with Gasteiger partial charge in [-0.05, 0) is 99.3 Å². The summed E-state index contributed by atoms with van der Waals surface area (Å²) in [5.41, 5.74) is 5.70. The monoisotopic (exact) mass is 648 g/mol. The van der Waals surface area contributed by atoms with Gasteiger partial charge in [-0.2, -0.15) is 0 Å². The highest BCUT2D eigenvalue weighted by molar-refractivity contribution is 7.80. The number of rotatable bonds is 8. The summed E-state index contributed by atoms with van der Waals surface area (Å²) in [6, 6.07) is 59.3. The van der Waals surface area contributed by atoms with Crippen molar-refractivity contribution in [2.24, 2.45) is 0 Å². The van der Waals surface area contributed by atoms with Gasteiger partial charge in [0.2, 0.25) is 0 Å². The molecule has 6 rings (SSSR count). The number of benzene rings is 6. The first-order valence-electron chi connectivity index (χ1n) is 16.7. The Morgan fingerprint density at radius 3 is 0.894 bits per heavy atom. The minimum atomic E-state index is -0.758. The van der Waals surface area contributed by atoms with E-state index in [9.17, 15) is 0 Å². The minimum Gasteiger partial charge on any atom is -0.0622 e. The third-order valence-electron chi connectivity index (χ3n) is 8.82. The normalized spacial score (nSPS) is 12.1. The van der Waals surface area contributed by atoms with Crippen LogP contribution in [-0.4, -0.2) is 0 Å².